The van der Waals surface area contributed by atoms with Gasteiger partial charge in [-0.15, -0.1) is 11.3 Å². The van der Waals surface area contributed by atoms with Crippen molar-refractivity contribution >= 4 is 28.2 Å². The van der Waals surface area contributed by atoms with Crippen LogP contribution in [0.25, 0.3) is 0 Å². The lowest BCUT2D eigenvalue weighted by molar-refractivity contribution is 0.0701. The highest BCUT2D eigenvalue weighted by molar-refractivity contribution is 7.18. The minimum Gasteiger partial charge on any atom is -0.477 e. The first-order valence-corrected chi connectivity index (χ1v) is 5.81. The van der Waals surface area contributed by atoms with E-state index in [1.54, 1.807) is 13.0 Å². The molecule has 2 aromatic heterocycles. The number of hydrogen-bond donors (Lipinski definition) is 2. The molecule has 0 aromatic carbocycles. The third kappa shape index (κ3) is 2.51. The smallest absolute Gasteiger partial charge is 0.346 e. The fraction of sp³-hybridized carbons (Fsp3) is 0.0909. The molecule has 0 aliphatic heterocycles. The number of hydrogen-bond acceptors (Lipinski definition) is 5. The maximum atomic E-state index is 11.8. The molecule has 18 heavy (non-hydrogen) atoms. The van der Waals surface area contributed by atoms with Gasteiger partial charge >= 0.3 is 5.97 Å². The lowest BCUT2D eigenvalue weighted by Crippen LogP contribution is -2.11. The quantitative estimate of drug-likeness (QED) is 0.880. The van der Waals surface area contributed by atoms with E-state index in [-0.39, 0.29) is 10.8 Å². The average molecular weight is 263 g/mol. The van der Waals surface area contributed by atoms with Crippen molar-refractivity contribution in [3.8, 4) is 0 Å². The summed E-state index contributed by atoms with van der Waals surface area (Å²) in [4.78, 5) is 22.9. The van der Waals surface area contributed by atoms with Gasteiger partial charge in [-0.3, -0.25) is 4.79 Å². The molecule has 0 radical (unpaired) electrons. The Morgan fingerprint density at radius 1 is 1.39 bits per heavy atom. The zero-order chi connectivity index (χ0) is 13.1. The van der Waals surface area contributed by atoms with Crippen LogP contribution >= 0.6 is 11.3 Å². The van der Waals surface area contributed by atoms with Crippen molar-refractivity contribution in [2.45, 2.75) is 6.92 Å². The number of aryl methyl sites for hydroxylation is 1. The summed E-state index contributed by atoms with van der Waals surface area (Å²) in [7, 11) is 0. The fourth-order valence-electron chi connectivity index (χ4n) is 1.37. The Kier molecular flexibility index (Phi) is 3.33. The summed E-state index contributed by atoms with van der Waals surface area (Å²) in [6.07, 6.45) is 2.76. The molecule has 0 saturated heterocycles. The number of carbonyl (C=O) groups is 2. The van der Waals surface area contributed by atoms with Crippen LogP contribution in [0.2, 0.25) is 0 Å². The molecular weight excluding hydrogens is 254 g/mol. The van der Waals surface area contributed by atoms with Crippen molar-refractivity contribution in [2.75, 3.05) is 5.32 Å². The number of anilines is 1. The minimum absolute atomic E-state index is 0.221. The molecule has 7 heteroatoms. The molecule has 0 unspecified atom stereocenters. The SMILES string of the molecule is Cc1cc(NC(=O)c2ccnnc2)sc1C(=O)O. The molecule has 2 heterocycles. The number of aromatic nitrogens is 2. The minimum atomic E-state index is -0.997. The zero-order valence-corrected chi connectivity index (χ0v) is 10.2. The monoisotopic (exact) mass is 263 g/mol. The standard InChI is InChI=1S/C11H9N3O3S/c1-6-4-8(18-9(6)11(16)17)14-10(15)7-2-3-12-13-5-7/h2-5H,1H3,(H,14,15)(H,16,17). The van der Waals surface area contributed by atoms with E-state index < -0.39 is 5.97 Å². The summed E-state index contributed by atoms with van der Waals surface area (Å²) < 4.78 is 0. The molecule has 6 nitrogen and oxygen atoms in total. The molecule has 2 rings (SSSR count). The van der Waals surface area contributed by atoms with E-state index in [0.29, 0.717) is 16.1 Å². The lowest BCUT2D eigenvalue weighted by atomic mass is 10.3. The summed E-state index contributed by atoms with van der Waals surface area (Å²) in [6, 6.07) is 3.15. The second-order valence-electron chi connectivity index (χ2n) is 3.51. The van der Waals surface area contributed by atoms with Gasteiger partial charge in [0.25, 0.3) is 5.91 Å². The number of thiophene rings is 1. The number of amides is 1. The fourth-order valence-corrected chi connectivity index (χ4v) is 2.27. The van der Waals surface area contributed by atoms with Crippen LogP contribution in [0.4, 0.5) is 5.00 Å². The molecule has 0 fully saturated rings. The first-order chi connectivity index (χ1) is 8.58. The van der Waals surface area contributed by atoms with Crippen molar-refractivity contribution < 1.29 is 14.7 Å². The second kappa shape index (κ2) is 4.92. The van der Waals surface area contributed by atoms with Gasteiger partial charge in [0.15, 0.2) is 0 Å². The van der Waals surface area contributed by atoms with E-state index >= 15 is 0 Å². The molecule has 0 spiro atoms. The van der Waals surface area contributed by atoms with E-state index in [0.717, 1.165) is 11.3 Å². The van der Waals surface area contributed by atoms with Crippen LogP contribution in [0, 0.1) is 6.92 Å². The largest absolute Gasteiger partial charge is 0.477 e. The van der Waals surface area contributed by atoms with Gasteiger partial charge in [0.05, 0.1) is 23.0 Å². The van der Waals surface area contributed by atoms with Crippen molar-refractivity contribution in [1.29, 1.82) is 0 Å². The highest BCUT2D eigenvalue weighted by atomic mass is 32.1. The molecule has 2 N–H and O–H groups in total. The number of carbonyl (C=O) groups excluding carboxylic acids is 1. The summed E-state index contributed by atoms with van der Waals surface area (Å²) in [5.74, 6) is -1.34. The van der Waals surface area contributed by atoms with E-state index in [2.05, 4.69) is 15.5 Å². The van der Waals surface area contributed by atoms with Gasteiger partial charge in [-0.05, 0) is 24.6 Å². The third-order valence-electron chi connectivity index (χ3n) is 2.20. The van der Waals surface area contributed by atoms with Gasteiger partial charge in [0.2, 0.25) is 0 Å². The van der Waals surface area contributed by atoms with E-state index in [1.165, 1.54) is 18.5 Å². The number of rotatable bonds is 3. The van der Waals surface area contributed by atoms with Crippen LogP contribution in [-0.4, -0.2) is 27.2 Å². The molecule has 0 aliphatic rings. The second-order valence-corrected chi connectivity index (χ2v) is 4.57. The van der Waals surface area contributed by atoms with Crippen molar-refractivity contribution in [2.24, 2.45) is 0 Å². The van der Waals surface area contributed by atoms with Crippen molar-refractivity contribution in [3.63, 3.8) is 0 Å². The maximum Gasteiger partial charge on any atom is 0.346 e. The van der Waals surface area contributed by atoms with Gasteiger partial charge in [-0.1, -0.05) is 0 Å². The van der Waals surface area contributed by atoms with E-state index in [1.807, 2.05) is 0 Å². The van der Waals surface area contributed by atoms with Crippen LogP contribution in [0.1, 0.15) is 25.6 Å². The van der Waals surface area contributed by atoms with Crippen LogP contribution in [0.3, 0.4) is 0 Å². The highest BCUT2D eigenvalue weighted by Crippen LogP contribution is 2.26. The molecule has 2 aromatic rings. The molecule has 0 bridgehead atoms. The average Bonchev–Trinajstić information content (AvgIpc) is 2.71. The van der Waals surface area contributed by atoms with Gasteiger partial charge in [0, 0.05) is 0 Å². The van der Waals surface area contributed by atoms with Crippen molar-refractivity contribution in [1.82, 2.24) is 10.2 Å². The first-order valence-electron chi connectivity index (χ1n) is 4.99. The lowest BCUT2D eigenvalue weighted by Gasteiger charge is -2.00. The summed E-state index contributed by atoms with van der Waals surface area (Å²) in [5, 5.41) is 19.2. The zero-order valence-electron chi connectivity index (χ0n) is 9.38. The Balaban J connectivity index is 2.18. The van der Waals surface area contributed by atoms with Gasteiger partial charge in [-0.25, -0.2) is 4.79 Å². The number of nitrogens with one attached hydrogen (secondary N) is 1. The predicted molar refractivity (Wildman–Crippen MR) is 66.0 cm³/mol. The third-order valence-corrected chi connectivity index (χ3v) is 3.34. The highest BCUT2D eigenvalue weighted by Gasteiger charge is 2.14. The molecule has 92 valence electrons. The van der Waals surface area contributed by atoms with Gasteiger partial charge in [0.1, 0.15) is 4.88 Å². The van der Waals surface area contributed by atoms with Gasteiger partial charge in [-0.2, -0.15) is 10.2 Å². The Morgan fingerprint density at radius 3 is 2.72 bits per heavy atom. The Morgan fingerprint density at radius 2 is 2.17 bits per heavy atom. The van der Waals surface area contributed by atoms with Crippen LogP contribution < -0.4 is 5.32 Å². The van der Waals surface area contributed by atoms with Crippen LogP contribution in [0.15, 0.2) is 24.5 Å². The normalized spacial score (nSPS) is 10.1. The number of carboxylic acid groups (broad SMARTS) is 1. The van der Waals surface area contributed by atoms with Gasteiger partial charge < -0.3 is 10.4 Å². The number of carboxylic acids is 1. The molecule has 1 amide bonds. The van der Waals surface area contributed by atoms with E-state index in [9.17, 15) is 9.59 Å². The predicted octanol–water partition coefficient (Wildman–Crippen LogP) is 1.80. The van der Waals surface area contributed by atoms with Crippen LogP contribution in [0.5, 0.6) is 0 Å². The summed E-state index contributed by atoms with van der Waals surface area (Å²) in [5.41, 5.74) is 0.989. The Hall–Kier alpha value is -2.28. The number of aromatic carboxylic acids is 1. The summed E-state index contributed by atoms with van der Waals surface area (Å²) in [6.45, 7) is 1.68. The summed E-state index contributed by atoms with van der Waals surface area (Å²) >= 11 is 1.02. The molecular formula is C11H9N3O3S. The topological polar surface area (TPSA) is 92.2 Å². The van der Waals surface area contributed by atoms with Crippen LogP contribution in [-0.2, 0) is 0 Å². The molecule has 0 saturated carbocycles. The molecule has 0 aliphatic carbocycles. The van der Waals surface area contributed by atoms with Crippen molar-refractivity contribution in [3.05, 3.63) is 40.5 Å². The Bertz CT molecular complexity index is 595. The first kappa shape index (κ1) is 12.2. The van der Waals surface area contributed by atoms with E-state index in [4.69, 9.17) is 5.11 Å². The number of nitrogens with zero attached hydrogens (tertiary/aromatic N) is 2. The maximum absolute atomic E-state index is 11.8. The molecule has 0 atom stereocenters. The Labute approximate surface area is 106 Å².